The minimum Gasteiger partial charge on any atom is -0.443 e. The molecule has 5 atom stereocenters. The van der Waals surface area contributed by atoms with Gasteiger partial charge in [0, 0.05) is 10.6 Å². The fourth-order valence-electron chi connectivity index (χ4n) is 5.12. The molecule has 3 aliphatic rings. The van der Waals surface area contributed by atoms with E-state index in [-0.39, 0.29) is 11.8 Å². The molecule has 29 heavy (non-hydrogen) atoms. The molecule has 0 spiro atoms. The molecule has 0 radical (unpaired) electrons. The van der Waals surface area contributed by atoms with Crippen LogP contribution in [0, 0.1) is 62.1 Å². The van der Waals surface area contributed by atoms with Crippen LogP contribution in [0.3, 0.4) is 0 Å². The molecule has 2 bridgehead atoms. The van der Waals surface area contributed by atoms with Crippen molar-refractivity contribution < 1.29 is 9.47 Å². The molecule has 146 valence electrons. The van der Waals surface area contributed by atoms with Gasteiger partial charge in [-0.1, -0.05) is 42.8 Å². The SMILES string of the molecule is CC1C2(c3ccc(Cl)cc3)OC(=N)C1(C#N)C(C#N)(C#N)C(C1CC=CCC1)O2. The molecule has 2 heterocycles. The lowest BCUT2D eigenvalue weighted by atomic mass is 9.52. The Balaban J connectivity index is 1.97. The molecule has 7 heteroatoms. The second-order valence-electron chi connectivity index (χ2n) is 7.86. The molecule has 0 amide bonds. The van der Waals surface area contributed by atoms with Gasteiger partial charge in [0.1, 0.15) is 0 Å². The monoisotopic (exact) mass is 406 g/mol. The molecule has 2 aliphatic heterocycles. The second kappa shape index (κ2) is 6.60. The first-order chi connectivity index (χ1) is 13.9. The summed E-state index contributed by atoms with van der Waals surface area (Å²) in [5.41, 5.74) is -2.97. The first-order valence-electron chi connectivity index (χ1n) is 9.52. The van der Waals surface area contributed by atoms with E-state index in [4.69, 9.17) is 26.5 Å². The van der Waals surface area contributed by atoms with Gasteiger partial charge in [0.05, 0.1) is 30.2 Å². The summed E-state index contributed by atoms with van der Waals surface area (Å²) >= 11 is 6.04. The standard InChI is InChI=1S/C22H19ClN4O2/c1-14-21(13-26)19(27)29-22(14,16-7-9-17(23)10-8-16)28-18(20(21,11-24)12-25)15-5-3-2-4-6-15/h2-3,7-10,14-15,18,27H,4-6H2,1H3. The highest BCUT2D eigenvalue weighted by molar-refractivity contribution is 6.30. The van der Waals surface area contributed by atoms with Crippen molar-refractivity contribution in [3.05, 3.63) is 47.0 Å². The highest BCUT2D eigenvalue weighted by Crippen LogP contribution is 2.66. The van der Waals surface area contributed by atoms with E-state index in [1.807, 2.05) is 6.08 Å². The van der Waals surface area contributed by atoms with Gasteiger partial charge in [-0.05, 0) is 37.3 Å². The molecule has 2 saturated heterocycles. The predicted molar refractivity (Wildman–Crippen MR) is 104 cm³/mol. The highest BCUT2D eigenvalue weighted by atomic mass is 35.5. The van der Waals surface area contributed by atoms with Crippen molar-refractivity contribution in [3.8, 4) is 18.2 Å². The number of nitrogens with one attached hydrogen (secondary N) is 1. The first kappa shape index (κ1) is 19.5. The number of nitriles is 3. The largest absolute Gasteiger partial charge is 0.443 e. The average molecular weight is 407 g/mol. The molecule has 0 aromatic heterocycles. The van der Waals surface area contributed by atoms with Crippen LogP contribution in [0.5, 0.6) is 0 Å². The minimum absolute atomic E-state index is 0.138. The molecule has 2 fully saturated rings. The number of hydrogen-bond acceptors (Lipinski definition) is 6. The topological polar surface area (TPSA) is 114 Å². The minimum atomic E-state index is -1.85. The summed E-state index contributed by atoms with van der Waals surface area (Å²) in [6.45, 7) is 1.71. The zero-order valence-corrected chi connectivity index (χ0v) is 16.6. The number of rotatable bonds is 2. The lowest BCUT2D eigenvalue weighted by molar-refractivity contribution is -0.296. The van der Waals surface area contributed by atoms with E-state index >= 15 is 0 Å². The van der Waals surface area contributed by atoms with Gasteiger partial charge in [0.2, 0.25) is 11.7 Å². The molecule has 5 unspecified atom stereocenters. The molecular formula is C22H19ClN4O2. The highest BCUT2D eigenvalue weighted by Gasteiger charge is 2.80. The zero-order chi connectivity index (χ0) is 20.9. The van der Waals surface area contributed by atoms with Crippen molar-refractivity contribution in [2.45, 2.75) is 38.1 Å². The maximum atomic E-state index is 10.3. The van der Waals surface area contributed by atoms with Crippen LogP contribution in [0.1, 0.15) is 31.7 Å². The summed E-state index contributed by atoms with van der Waals surface area (Å²) in [5.74, 6) is -2.70. The number of halogens is 1. The van der Waals surface area contributed by atoms with Crippen molar-refractivity contribution in [2.75, 3.05) is 0 Å². The lowest BCUT2D eigenvalue weighted by Gasteiger charge is -2.51. The number of hydrogen-bond donors (Lipinski definition) is 1. The average Bonchev–Trinajstić information content (AvgIpc) is 2.91. The van der Waals surface area contributed by atoms with E-state index < -0.39 is 28.6 Å². The fraction of sp³-hybridized carbons (Fsp3) is 0.455. The van der Waals surface area contributed by atoms with Crippen LogP contribution >= 0.6 is 11.6 Å². The number of ether oxygens (including phenoxy) is 2. The zero-order valence-electron chi connectivity index (χ0n) is 15.9. The molecular weight excluding hydrogens is 388 g/mol. The third-order valence-electron chi connectivity index (χ3n) is 6.70. The van der Waals surface area contributed by atoms with Crippen LogP contribution in [0.2, 0.25) is 5.02 Å². The van der Waals surface area contributed by atoms with Crippen molar-refractivity contribution >= 4 is 17.5 Å². The van der Waals surface area contributed by atoms with Gasteiger partial charge in [0.15, 0.2) is 10.8 Å². The molecule has 4 rings (SSSR count). The third kappa shape index (κ3) is 2.26. The maximum Gasteiger partial charge on any atom is 0.243 e. The summed E-state index contributed by atoms with van der Waals surface area (Å²) < 4.78 is 12.5. The number of benzene rings is 1. The van der Waals surface area contributed by atoms with Gasteiger partial charge >= 0.3 is 0 Å². The predicted octanol–water partition coefficient (Wildman–Crippen LogP) is 4.44. The number of fused-ring (bicyclic) bond motifs is 2. The molecule has 6 nitrogen and oxygen atoms in total. The van der Waals surface area contributed by atoms with Crippen molar-refractivity contribution in [3.63, 3.8) is 0 Å². The Morgan fingerprint density at radius 1 is 1.10 bits per heavy atom. The summed E-state index contributed by atoms with van der Waals surface area (Å²) in [4.78, 5) is 0. The summed E-state index contributed by atoms with van der Waals surface area (Å²) in [7, 11) is 0. The molecule has 0 saturated carbocycles. The van der Waals surface area contributed by atoms with E-state index in [2.05, 4.69) is 24.3 Å². The summed E-state index contributed by atoms with van der Waals surface area (Å²) in [5, 5.41) is 39.8. The van der Waals surface area contributed by atoms with E-state index in [9.17, 15) is 15.8 Å². The Morgan fingerprint density at radius 2 is 1.79 bits per heavy atom. The summed E-state index contributed by atoms with van der Waals surface area (Å²) in [6.07, 6.45) is 5.36. The van der Waals surface area contributed by atoms with Crippen LogP contribution in [0.25, 0.3) is 0 Å². The number of nitrogens with zero attached hydrogens (tertiary/aromatic N) is 3. The Kier molecular flexibility index (Phi) is 4.43. The Labute approximate surface area is 174 Å². The van der Waals surface area contributed by atoms with Crippen LogP contribution in [0.15, 0.2) is 36.4 Å². The van der Waals surface area contributed by atoms with Crippen LogP contribution in [-0.2, 0) is 15.3 Å². The van der Waals surface area contributed by atoms with Crippen molar-refractivity contribution in [2.24, 2.45) is 22.7 Å². The van der Waals surface area contributed by atoms with Crippen LogP contribution in [0.4, 0.5) is 0 Å². The summed E-state index contributed by atoms with van der Waals surface area (Å²) in [6, 6.07) is 13.2. The molecule has 1 aliphatic carbocycles. The smallest absolute Gasteiger partial charge is 0.243 e. The van der Waals surface area contributed by atoms with E-state index in [0.717, 1.165) is 12.8 Å². The van der Waals surface area contributed by atoms with Crippen LogP contribution < -0.4 is 0 Å². The van der Waals surface area contributed by atoms with E-state index in [1.165, 1.54) is 0 Å². The van der Waals surface area contributed by atoms with E-state index in [0.29, 0.717) is 17.0 Å². The molecule has 1 aromatic rings. The maximum absolute atomic E-state index is 10.3. The van der Waals surface area contributed by atoms with Crippen molar-refractivity contribution in [1.82, 2.24) is 0 Å². The normalized spacial score (nSPS) is 37.1. The lowest BCUT2D eigenvalue weighted by Crippen LogP contribution is -2.62. The van der Waals surface area contributed by atoms with Gasteiger partial charge in [-0.3, -0.25) is 5.41 Å². The third-order valence-corrected chi connectivity index (χ3v) is 6.95. The van der Waals surface area contributed by atoms with Gasteiger partial charge in [-0.25, -0.2) is 0 Å². The van der Waals surface area contributed by atoms with Crippen LogP contribution in [-0.4, -0.2) is 12.0 Å². The molecule has 1 aromatic carbocycles. The first-order valence-corrected chi connectivity index (χ1v) is 9.90. The van der Waals surface area contributed by atoms with Gasteiger partial charge in [-0.2, -0.15) is 15.8 Å². The van der Waals surface area contributed by atoms with Gasteiger partial charge < -0.3 is 9.47 Å². The quantitative estimate of drug-likeness (QED) is 0.729. The second-order valence-corrected chi connectivity index (χ2v) is 8.30. The van der Waals surface area contributed by atoms with Crippen molar-refractivity contribution in [1.29, 1.82) is 21.2 Å². The Morgan fingerprint density at radius 3 is 2.34 bits per heavy atom. The van der Waals surface area contributed by atoms with Gasteiger partial charge in [-0.15, -0.1) is 0 Å². The molecule has 1 N–H and O–H groups in total. The van der Waals surface area contributed by atoms with E-state index in [1.54, 1.807) is 31.2 Å². The fourth-order valence-corrected chi connectivity index (χ4v) is 5.24. The Bertz CT molecular complexity index is 1000. The number of allylic oxidation sites excluding steroid dienone is 2. The Hall–Kier alpha value is -2.85. The van der Waals surface area contributed by atoms with Gasteiger partial charge in [0.25, 0.3) is 0 Å².